The maximum atomic E-state index is 12.7. The third-order valence-corrected chi connectivity index (χ3v) is 6.10. The summed E-state index contributed by atoms with van der Waals surface area (Å²) in [6.07, 6.45) is 3.45. The summed E-state index contributed by atoms with van der Waals surface area (Å²) in [6.45, 7) is 4.06. The zero-order valence-corrected chi connectivity index (χ0v) is 20.0. The van der Waals surface area contributed by atoms with Gasteiger partial charge in [0.15, 0.2) is 6.61 Å². The van der Waals surface area contributed by atoms with Gasteiger partial charge in [0.05, 0.1) is 5.69 Å². The highest BCUT2D eigenvalue weighted by molar-refractivity contribution is 5.95. The zero-order valence-electron chi connectivity index (χ0n) is 20.0. The van der Waals surface area contributed by atoms with Gasteiger partial charge in [-0.05, 0) is 66.6 Å². The number of aromatic nitrogens is 3. The minimum atomic E-state index is -0.226. The number of fused-ring (bicyclic) bond motifs is 2. The number of carbonyl (C=O) groups is 1. The Morgan fingerprint density at radius 1 is 0.943 bits per heavy atom. The summed E-state index contributed by atoms with van der Waals surface area (Å²) >= 11 is 0. The predicted molar refractivity (Wildman–Crippen MR) is 140 cm³/mol. The highest BCUT2D eigenvalue weighted by Gasteiger charge is 2.12. The summed E-state index contributed by atoms with van der Waals surface area (Å²) in [5, 5.41) is 14.3. The Hall–Kier alpha value is -4.19. The second-order valence-electron chi connectivity index (χ2n) is 8.73. The second kappa shape index (κ2) is 9.97. The van der Waals surface area contributed by atoms with E-state index in [0.717, 1.165) is 39.5 Å². The van der Waals surface area contributed by atoms with Crippen molar-refractivity contribution in [3.63, 3.8) is 0 Å². The van der Waals surface area contributed by atoms with Gasteiger partial charge in [-0.15, -0.1) is 10.2 Å². The van der Waals surface area contributed by atoms with Gasteiger partial charge in [0.1, 0.15) is 16.8 Å². The maximum absolute atomic E-state index is 12.7. The first-order chi connectivity index (χ1) is 17.1. The molecule has 1 amide bonds. The highest BCUT2D eigenvalue weighted by atomic mass is 16.5. The van der Waals surface area contributed by atoms with Crippen molar-refractivity contribution in [2.45, 2.75) is 33.1 Å². The van der Waals surface area contributed by atoms with Crippen molar-refractivity contribution in [3.05, 3.63) is 90.0 Å². The predicted octanol–water partition coefficient (Wildman–Crippen LogP) is 6.24. The SMILES string of the molecule is CCCCc1ccc(-n2nc3cc(C)c(NC(=O)COc4cccc5ccccc45)cc3n2)cc1. The fourth-order valence-corrected chi connectivity index (χ4v) is 4.15. The third-order valence-electron chi connectivity index (χ3n) is 6.10. The summed E-state index contributed by atoms with van der Waals surface area (Å²) in [6, 6.07) is 25.9. The number of aryl methyl sites for hydroxylation is 2. The van der Waals surface area contributed by atoms with E-state index in [-0.39, 0.29) is 12.5 Å². The van der Waals surface area contributed by atoms with Gasteiger partial charge in [-0.2, -0.15) is 4.80 Å². The van der Waals surface area contributed by atoms with Crippen LogP contribution < -0.4 is 10.1 Å². The quantitative estimate of drug-likeness (QED) is 0.295. The van der Waals surface area contributed by atoms with Crippen LogP contribution >= 0.6 is 0 Å². The molecule has 6 nitrogen and oxygen atoms in total. The summed E-state index contributed by atoms with van der Waals surface area (Å²) in [4.78, 5) is 14.3. The Balaban J connectivity index is 1.29. The van der Waals surface area contributed by atoms with Crippen molar-refractivity contribution < 1.29 is 9.53 Å². The lowest BCUT2D eigenvalue weighted by Gasteiger charge is -2.11. The van der Waals surface area contributed by atoms with Crippen LogP contribution in [0.4, 0.5) is 5.69 Å². The summed E-state index contributed by atoms with van der Waals surface area (Å²) in [5.41, 5.74) is 5.34. The van der Waals surface area contributed by atoms with E-state index < -0.39 is 0 Å². The molecule has 1 N–H and O–H groups in total. The zero-order chi connectivity index (χ0) is 24.2. The molecule has 1 aromatic heterocycles. The molecule has 0 aliphatic rings. The molecule has 4 aromatic carbocycles. The Bertz CT molecular complexity index is 1480. The molecule has 0 unspecified atom stereocenters. The van der Waals surface area contributed by atoms with Crippen LogP contribution in [-0.4, -0.2) is 27.5 Å². The van der Waals surface area contributed by atoms with E-state index >= 15 is 0 Å². The molecule has 0 saturated heterocycles. The molecule has 6 heteroatoms. The van der Waals surface area contributed by atoms with Gasteiger partial charge >= 0.3 is 0 Å². The summed E-state index contributed by atoms with van der Waals surface area (Å²) in [5.74, 6) is 0.463. The minimum absolute atomic E-state index is 0.0808. The first kappa shape index (κ1) is 22.6. The Kier molecular flexibility index (Phi) is 6.44. The van der Waals surface area contributed by atoms with Crippen LogP contribution in [0.5, 0.6) is 5.75 Å². The molecular formula is C29H28N4O2. The van der Waals surface area contributed by atoms with Crippen LogP contribution in [0.25, 0.3) is 27.5 Å². The number of benzene rings is 4. The molecule has 0 aliphatic carbocycles. The van der Waals surface area contributed by atoms with E-state index in [1.165, 1.54) is 18.4 Å². The van der Waals surface area contributed by atoms with E-state index in [1.807, 2.05) is 73.7 Å². The number of unbranched alkanes of at least 4 members (excludes halogenated alkanes) is 1. The molecule has 176 valence electrons. The number of rotatable bonds is 8. The molecule has 5 aromatic rings. The molecule has 0 fully saturated rings. The van der Waals surface area contributed by atoms with Crippen LogP contribution in [0.15, 0.2) is 78.9 Å². The normalized spacial score (nSPS) is 11.1. The van der Waals surface area contributed by atoms with Crippen molar-refractivity contribution in [2.24, 2.45) is 0 Å². The van der Waals surface area contributed by atoms with Crippen molar-refractivity contribution in [2.75, 3.05) is 11.9 Å². The molecule has 0 atom stereocenters. The Morgan fingerprint density at radius 2 is 1.69 bits per heavy atom. The molecule has 5 rings (SSSR count). The molecule has 0 radical (unpaired) electrons. The van der Waals surface area contributed by atoms with Gasteiger partial charge in [0.25, 0.3) is 5.91 Å². The maximum Gasteiger partial charge on any atom is 0.262 e. The van der Waals surface area contributed by atoms with Gasteiger partial charge < -0.3 is 10.1 Å². The summed E-state index contributed by atoms with van der Waals surface area (Å²) < 4.78 is 5.83. The van der Waals surface area contributed by atoms with Gasteiger partial charge in [-0.3, -0.25) is 4.79 Å². The van der Waals surface area contributed by atoms with Crippen molar-refractivity contribution in [3.8, 4) is 11.4 Å². The first-order valence-electron chi connectivity index (χ1n) is 12.0. The fourth-order valence-electron chi connectivity index (χ4n) is 4.15. The fraction of sp³-hybridized carbons (Fsp3) is 0.207. The highest BCUT2D eigenvalue weighted by Crippen LogP contribution is 2.26. The van der Waals surface area contributed by atoms with Crippen molar-refractivity contribution in [1.82, 2.24) is 15.0 Å². The number of carbonyl (C=O) groups excluding carboxylic acids is 1. The molecule has 0 aliphatic heterocycles. The van der Waals surface area contributed by atoms with Gasteiger partial charge in [0.2, 0.25) is 0 Å². The molecule has 1 heterocycles. The first-order valence-corrected chi connectivity index (χ1v) is 12.0. The van der Waals surface area contributed by atoms with Crippen LogP contribution in [-0.2, 0) is 11.2 Å². The van der Waals surface area contributed by atoms with Crippen LogP contribution in [0, 0.1) is 6.92 Å². The van der Waals surface area contributed by atoms with E-state index in [4.69, 9.17) is 4.74 Å². The van der Waals surface area contributed by atoms with Crippen molar-refractivity contribution >= 4 is 33.4 Å². The van der Waals surface area contributed by atoms with E-state index in [2.05, 4.69) is 34.6 Å². The summed E-state index contributed by atoms with van der Waals surface area (Å²) in [7, 11) is 0. The van der Waals surface area contributed by atoms with Crippen LogP contribution in [0.2, 0.25) is 0 Å². The number of amides is 1. The lowest BCUT2D eigenvalue weighted by molar-refractivity contribution is -0.118. The lowest BCUT2D eigenvalue weighted by atomic mass is 10.1. The number of anilines is 1. The molecule has 35 heavy (non-hydrogen) atoms. The smallest absolute Gasteiger partial charge is 0.262 e. The molecule has 0 saturated carbocycles. The van der Waals surface area contributed by atoms with E-state index in [1.54, 1.807) is 4.80 Å². The standard InChI is InChI=1S/C29H28N4O2/c1-3-4-8-21-13-15-23(16-14-21)33-31-26-17-20(2)25(18-27(26)32-33)30-29(34)19-35-28-12-7-10-22-9-5-6-11-24(22)28/h5-7,9-18H,3-4,8,19H2,1-2H3,(H,30,34). The second-order valence-corrected chi connectivity index (χ2v) is 8.73. The van der Waals surface area contributed by atoms with Gasteiger partial charge in [0, 0.05) is 11.1 Å². The Morgan fingerprint density at radius 3 is 2.49 bits per heavy atom. The Labute approximate surface area is 204 Å². The lowest BCUT2D eigenvalue weighted by Crippen LogP contribution is -2.20. The van der Waals surface area contributed by atoms with Gasteiger partial charge in [-0.1, -0.05) is 61.9 Å². The average molecular weight is 465 g/mol. The van der Waals surface area contributed by atoms with Crippen LogP contribution in [0.3, 0.4) is 0 Å². The topological polar surface area (TPSA) is 69.0 Å². The molecular weight excluding hydrogens is 436 g/mol. The van der Waals surface area contributed by atoms with Crippen LogP contribution in [0.1, 0.15) is 30.9 Å². The van der Waals surface area contributed by atoms with Crippen molar-refractivity contribution in [1.29, 1.82) is 0 Å². The van der Waals surface area contributed by atoms with Gasteiger partial charge in [-0.25, -0.2) is 0 Å². The average Bonchev–Trinajstić information content (AvgIpc) is 3.29. The number of hydrogen-bond acceptors (Lipinski definition) is 4. The number of ether oxygens (including phenoxy) is 1. The van der Waals surface area contributed by atoms with E-state index in [0.29, 0.717) is 11.4 Å². The minimum Gasteiger partial charge on any atom is -0.483 e. The molecule has 0 spiro atoms. The molecule has 0 bridgehead atoms. The monoisotopic (exact) mass is 464 g/mol. The number of hydrogen-bond donors (Lipinski definition) is 1. The number of nitrogens with zero attached hydrogens (tertiary/aromatic N) is 3. The number of nitrogens with one attached hydrogen (secondary N) is 1. The largest absolute Gasteiger partial charge is 0.483 e. The van der Waals surface area contributed by atoms with E-state index in [9.17, 15) is 4.79 Å². The third kappa shape index (κ3) is 5.01.